The number of ether oxygens (including phenoxy) is 1. The van der Waals surface area contributed by atoms with Crippen LogP contribution in [0.4, 0.5) is 0 Å². The highest BCUT2D eigenvalue weighted by atomic mass is 16.5. The maximum atomic E-state index is 9.07. The predicted octanol–water partition coefficient (Wildman–Crippen LogP) is 1.70. The highest BCUT2D eigenvalue weighted by Crippen LogP contribution is 2.16. The molecule has 0 amide bonds. The second kappa shape index (κ2) is 4.04. The Hall–Kier alpha value is -1.97. The smallest absolute Gasteiger partial charge is 0.132 e. The minimum Gasteiger partial charge on any atom is -0.508 e. The Morgan fingerprint density at radius 2 is 2.00 bits per heavy atom. The monoisotopic (exact) mass is 204 g/mol. The van der Waals surface area contributed by atoms with Gasteiger partial charge in [-0.05, 0) is 30.3 Å². The minimum absolute atomic E-state index is 0.236. The molecule has 0 atom stereocenters. The van der Waals surface area contributed by atoms with Crippen LogP contribution in [0.15, 0.2) is 36.5 Å². The molecule has 0 aliphatic rings. The van der Waals surface area contributed by atoms with E-state index < -0.39 is 0 Å². The largest absolute Gasteiger partial charge is 0.508 e. The molecule has 0 fully saturated rings. The Kier molecular flexibility index (Phi) is 2.58. The number of aromatic hydroxyl groups is 1. The van der Waals surface area contributed by atoms with E-state index in [0.29, 0.717) is 6.61 Å². The lowest BCUT2D eigenvalue weighted by Crippen LogP contribution is -1.97. The average molecular weight is 204 g/mol. The van der Waals surface area contributed by atoms with Gasteiger partial charge in [0.2, 0.25) is 0 Å². The molecule has 2 rings (SSSR count). The van der Waals surface area contributed by atoms with Crippen LogP contribution in [0.2, 0.25) is 0 Å². The highest BCUT2D eigenvalue weighted by molar-refractivity contribution is 5.30. The summed E-state index contributed by atoms with van der Waals surface area (Å²) < 4.78 is 7.21. The van der Waals surface area contributed by atoms with Gasteiger partial charge in [-0.15, -0.1) is 0 Å². The number of aryl methyl sites for hydroxylation is 1. The molecule has 1 heterocycles. The first-order valence-corrected chi connectivity index (χ1v) is 4.64. The highest BCUT2D eigenvalue weighted by Gasteiger charge is 1.98. The van der Waals surface area contributed by atoms with Crippen molar-refractivity contribution < 1.29 is 9.84 Å². The molecule has 0 spiro atoms. The molecule has 0 unspecified atom stereocenters. The van der Waals surface area contributed by atoms with Crippen LogP contribution in [0.3, 0.4) is 0 Å². The molecule has 1 N–H and O–H groups in total. The third-order valence-electron chi connectivity index (χ3n) is 1.99. The van der Waals surface area contributed by atoms with Crippen LogP contribution in [0, 0.1) is 0 Å². The number of benzene rings is 1. The van der Waals surface area contributed by atoms with Crippen molar-refractivity contribution in [2.24, 2.45) is 7.05 Å². The third-order valence-corrected chi connectivity index (χ3v) is 1.99. The number of hydrogen-bond donors (Lipinski definition) is 1. The SMILES string of the molecule is Cn1ccc(COc2ccc(O)cc2)n1. The van der Waals surface area contributed by atoms with Gasteiger partial charge in [-0.25, -0.2) is 0 Å². The number of phenols is 1. The van der Waals surface area contributed by atoms with Gasteiger partial charge in [-0.2, -0.15) is 5.10 Å². The van der Waals surface area contributed by atoms with E-state index in [1.165, 1.54) is 0 Å². The van der Waals surface area contributed by atoms with Crippen molar-refractivity contribution >= 4 is 0 Å². The van der Waals surface area contributed by atoms with Gasteiger partial charge < -0.3 is 9.84 Å². The lowest BCUT2D eigenvalue weighted by Gasteiger charge is -2.03. The molecule has 0 saturated heterocycles. The zero-order valence-corrected chi connectivity index (χ0v) is 8.42. The van der Waals surface area contributed by atoms with E-state index in [4.69, 9.17) is 9.84 Å². The van der Waals surface area contributed by atoms with E-state index in [-0.39, 0.29) is 5.75 Å². The number of hydrogen-bond acceptors (Lipinski definition) is 3. The first-order valence-electron chi connectivity index (χ1n) is 4.64. The number of nitrogens with zero attached hydrogens (tertiary/aromatic N) is 2. The van der Waals surface area contributed by atoms with Crippen LogP contribution in [0.25, 0.3) is 0 Å². The molecule has 1 aromatic carbocycles. The molecule has 0 aliphatic heterocycles. The average Bonchev–Trinajstić information content (AvgIpc) is 2.64. The summed E-state index contributed by atoms with van der Waals surface area (Å²) in [5.74, 6) is 0.957. The fraction of sp³-hybridized carbons (Fsp3) is 0.182. The van der Waals surface area contributed by atoms with Crippen molar-refractivity contribution in [2.75, 3.05) is 0 Å². The van der Waals surface area contributed by atoms with Crippen molar-refractivity contribution in [3.63, 3.8) is 0 Å². The number of rotatable bonds is 3. The zero-order valence-electron chi connectivity index (χ0n) is 8.42. The maximum Gasteiger partial charge on any atom is 0.132 e. The summed E-state index contributed by atoms with van der Waals surface area (Å²) in [7, 11) is 1.87. The first kappa shape index (κ1) is 9.58. The summed E-state index contributed by atoms with van der Waals surface area (Å²) in [6.45, 7) is 0.436. The van der Waals surface area contributed by atoms with Crippen molar-refractivity contribution in [1.29, 1.82) is 0 Å². The number of phenolic OH excluding ortho intramolecular Hbond substituents is 1. The van der Waals surface area contributed by atoms with E-state index in [1.807, 2.05) is 19.3 Å². The van der Waals surface area contributed by atoms with E-state index >= 15 is 0 Å². The molecule has 4 heteroatoms. The molecular formula is C11H12N2O2. The van der Waals surface area contributed by atoms with Gasteiger partial charge in [0.25, 0.3) is 0 Å². The summed E-state index contributed by atoms with van der Waals surface area (Å²) >= 11 is 0. The Bertz CT molecular complexity index is 434. The summed E-state index contributed by atoms with van der Waals surface area (Å²) in [6, 6.07) is 8.53. The summed E-state index contributed by atoms with van der Waals surface area (Å²) in [6.07, 6.45) is 1.87. The van der Waals surface area contributed by atoms with Crippen LogP contribution in [0.1, 0.15) is 5.69 Å². The van der Waals surface area contributed by atoms with Gasteiger partial charge in [-0.3, -0.25) is 4.68 Å². The van der Waals surface area contributed by atoms with E-state index in [0.717, 1.165) is 11.4 Å². The van der Waals surface area contributed by atoms with Gasteiger partial charge in [0.05, 0.1) is 5.69 Å². The van der Waals surface area contributed by atoms with Crippen LogP contribution >= 0.6 is 0 Å². The molecule has 0 radical (unpaired) electrons. The van der Waals surface area contributed by atoms with Crippen LogP contribution in [0.5, 0.6) is 11.5 Å². The fourth-order valence-corrected chi connectivity index (χ4v) is 1.24. The van der Waals surface area contributed by atoms with Crippen LogP contribution in [-0.4, -0.2) is 14.9 Å². The molecular weight excluding hydrogens is 192 g/mol. The molecule has 78 valence electrons. The third kappa shape index (κ3) is 2.49. The Morgan fingerprint density at radius 1 is 1.27 bits per heavy atom. The molecule has 4 nitrogen and oxygen atoms in total. The van der Waals surface area contributed by atoms with Gasteiger partial charge in [0.15, 0.2) is 0 Å². The van der Waals surface area contributed by atoms with E-state index in [1.54, 1.807) is 28.9 Å². The molecule has 0 aliphatic carbocycles. The number of aromatic nitrogens is 2. The van der Waals surface area contributed by atoms with Crippen molar-refractivity contribution in [1.82, 2.24) is 9.78 Å². The van der Waals surface area contributed by atoms with E-state index in [9.17, 15) is 0 Å². The lowest BCUT2D eigenvalue weighted by molar-refractivity contribution is 0.299. The van der Waals surface area contributed by atoms with Gasteiger partial charge >= 0.3 is 0 Å². The first-order chi connectivity index (χ1) is 7.24. The summed E-state index contributed by atoms with van der Waals surface area (Å²) in [4.78, 5) is 0. The predicted molar refractivity (Wildman–Crippen MR) is 55.6 cm³/mol. The van der Waals surface area contributed by atoms with Crippen molar-refractivity contribution in [3.8, 4) is 11.5 Å². The molecule has 15 heavy (non-hydrogen) atoms. The van der Waals surface area contributed by atoms with Crippen LogP contribution in [-0.2, 0) is 13.7 Å². The quantitative estimate of drug-likeness (QED) is 0.827. The zero-order chi connectivity index (χ0) is 10.7. The minimum atomic E-state index is 0.236. The molecule has 0 bridgehead atoms. The van der Waals surface area contributed by atoms with Gasteiger partial charge in [0, 0.05) is 13.2 Å². The second-order valence-corrected chi connectivity index (χ2v) is 3.26. The summed E-state index contributed by atoms with van der Waals surface area (Å²) in [5.41, 5.74) is 0.880. The lowest BCUT2D eigenvalue weighted by atomic mass is 10.3. The Labute approximate surface area is 87.7 Å². The maximum absolute atomic E-state index is 9.07. The molecule has 1 aromatic heterocycles. The molecule has 2 aromatic rings. The second-order valence-electron chi connectivity index (χ2n) is 3.26. The fourth-order valence-electron chi connectivity index (χ4n) is 1.24. The van der Waals surface area contributed by atoms with Gasteiger partial charge in [-0.1, -0.05) is 0 Å². The van der Waals surface area contributed by atoms with Crippen molar-refractivity contribution in [3.05, 3.63) is 42.2 Å². The Morgan fingerprint density at radius 3 is 2.60 bits per heavy atom. The molecule has 0 saturated carbocycles. The Balaban J connectivity index is 1.96. The summed E-state index contributed by atoms with van der Waals surface area (Å²) in [5, 5.41) is 13.3. The standard InChI is InChI=1S/C11H12N2O2/c1-13-7-6-9(12-13)8-15-11-4-2-10(14)3-5-11/h2-7,14H,8H2,1H3. The topological polar surface area (TPSA) is 47.3 Å². The van der Waals surface area contributed by atoms with E-state index in [2.05, 4.69) is 5.10 Å². The van der Waals surface area contributed by atoms with Crippen LogP contribution < -0.4 is 4.74 Å². The van der Waals surface area contributed by atoms with Gasteiger partial charge in [0.1, 0.15) is 18.1 Å². The van der Waals surface area contributed by atoms with Crippen molar-refractivity contribution in [2.45, 2.75) is 6.61 Å². The normalized spacial score (nSPS) is 10.2.